The molecule has 0 saturated heterocycles. The van der Waals surface area contributed by atoms with E-state index >= 15 is 0 Å². The zero-order valence-electron chi connectivity index (χ0n) is 13.0. The normalized spacial score (nSPS) is 14.1. The summed E-state index contributed by atoms with van der Waals surface area (Å²) in [5, 5.41) is 3.25. The first-order valence-electron chi connectivity index (χ1n) is 6.79. The minimum absolute atomic E-state index is 0.165. The molecule has 1 atom stereocenters. The Morgan fingerprint density at radius 3 is 2.33 bits per heavy atom. The van der Waals surface area contributed by atoms with Gasteiger partial charge in [0.15, 0.2) is 0 Å². The molecule has 0 aromatic carbocycles. The van der Waals surface area contributed by atoms with Crippen molar-refractivity contribution < 1.29 is 9.53 Å². The molecule has 0 rings (SSSR count). The van der Waals surface area contributed by atoms with Crippen molar-refractivity contribution in [2.45, 2.75) is 65.1 Å². The molecule has 0 spiro atoms. The molecule has 0 saturated carbocycles. The topological polar surface area (TPSA) is 41.6 Å². The molecule has 1 N–H and O–H groups in total. The van der Waals surface area contributed by atoms with Gasteiger partial charge in [-0.1, -0.05) is 20.8 Å². The first-order valence-corrected chi connectivity index (χ1v) is 6.79. The van der Waals surface area contributed by atoms with E-state index in [2.05, 4.69) is 38.0 Å². The van der Waals surface area contributed by atoms with E-state index in [9.17, 15) is 4.79 Å². The lowest BCUT2D eigenvalue weighted by Gasteiger charge is -2.35. The fourth-order valence-electron chi connectivity index (χ4n) is 1.71. The molecular weight excluding hydrogens is 228 g/mol. The molecule has 0 aliphatic carbocycles. The number of rotatable bonds is 8. The van der Waals surface area contributed by atoms with E-state index in [4.69, 9.17) is 4.74 Å². The molecule has 0 aromatic rings. The molecule has 0 aromatic heterocycles. The minimum atomic E-state index is -0.217. The Labute approximate surface area is 112 Å². The second kappa shape index (κ2) is 7.74. The van der Waals surface area contributed by atoms with Gasteiger partial charge in [0.25, 0.3) is 0 Å². The number of hydrogen-bond acceptors (Lipinski definition) is 4. The summed E-state index contributed by atoms with van der Waals surface area (Å²) in [7, 11) is 3.55. The molecule has 0 heterocycles. The van der Waals surface area contributed by atoms with Gasteiger partial charge in [-0.2, -0.15) is 0 Å². The van der Waals surface area contributed by atoms with E-state index in [-0.39, 0.29) is 23.6 Å². The summed E-state index contributed by atoms with van der Waals surface area (Å²) in [6, 6.07) is 0.0590. The van der Waals surface area contributed by atoms with Gasteiger partial charge in [0, 0.05) is 18.1 Å². The first-order chi connectivity index (χ1) is 8.24. The van der Waals surface area contributed by atoms with Crippen LogP contribution in [0.4, 0.5) is 0 Å². The van der Waals surface area contributed by atoms with Crippen LogP contribution in [0.15, 0.2) is 0 Å². The molecule has 0 aliphatic rings. The lowest BCUT2D eigenvalue weighted by Crippen LogP contribution is -2.46. The minimum Gasteiger partial charge on any atom is -0.468 e. The van der Waals surface area contributed by atoms with Gasteiger partial charge in [-0.3, -0.25) is 4.79 Å². The maximum absolute atomic E-state index is 11.7. The van der Waals surface area contributed by atoms with Crippen molar-refractivity contribution in [2.75, 3.05) is 20.7 Å². The highest BCUT2D eigenvalue weighted by molar-refractivity contribution is 5.75. The fourth-order valence-corrected chi connectivity index (χ4v) is 1.71. The van der Waals surface area contributed by atoms with Crippen LogP contribution in [0.2, 0.25) is 0 Å². The lowest BCUT2D eigenvalue weighted by molar-refractivity contribution is -0.143. The van der Waals surface area contributed by atoms with Gasteiger partial charge in [0.05, 0.1) is 7.11 Å². The zero-order valence-corrected chi connectivity index (χ0v) is 13.0. The largest absolute Gasteiger partial charge is 0.468 e. The second-order valence-corrected chi connectivity index (χ2v) is 5.77. The van der Waals surface area contributed by atoms with Crippen LogP contribution in [0, 0.1) is 0 Å². The van der Waals surface area contributed by atoms with Crippen LogP contribution >= 0.6 is 0 Å². The molecule has 1 unspecified atom stereocenters. The Balaban J connectivity index is 4.39. The lowest BCUT2D eigenvalue weighted by atomic mass is 9.99. The Morgan fingerprint density at radius 1 is 1.39 bits per heavy atom. The number of carbonyl (C=O) groups excluding carboxylic acids is 1. The Kier molecular flexibility index (Phi) is 7.48. The van der Waals surface area contributed by atoms with E-state index < -0.39 is 0 Å². The van der Waals surface area contributed by atoms with Crippen molar-refractivity contribution in [3.63, 3.8) is 0 Å². The average molecular weight is 258 g/mol. The maximum Gasteiger partial charge on any atom is 0.322 e. The molecule has 4 heteroatoms. The van der Waals surface area contributed by atoms with E-state index in [1.807, 2.05) is 13.8 Å². The molecule has 0 bridgehead atoms. The monoisotopic (exact) mass is 258 g/mol. The number of nitrogens with zero attached hydrogens (tertiary/aromatic N) is 1. The van der Waals surface area contributed by atoms with Crippen LogP contribution < -0.4 is 5.32 Å². The summed E-state index contributed by atoms with van der Waals surface area (Å²) in [5.74, 6) is -0.175. The van der Waals surface area contributed by atoms with Crippen LogP contribution in [0.5, 0.6) is 0 Å². The maximum atomic E-state index is 11.7. The summed E-state index contributed by atoms with van der Waals surface area (Å²) < 4.78 is 4.84. The Hall–Kier alpha value is -0.610. The standard InChI is InChI=1S/C14H30N2O2/c1-8-14(4,5)16(6)10-9-12(13(17)18-7)15-11(2)3/h11-12,15H,8-10H2,1-7H3. The Bertz CT molecular complexity index is 252. The molecule has 0 radical (unpaired) electrons. The summed E-state index contributed by atoms with van der Waals surface area (Å²) in [4.78, 5) is 14.0. The fraction of sp³-hybridized carbons (Fsp3) is 0.929. The quantitative estimate of drug-likeness (QED) is 0.677. The van der Waals surface area contributed by atoms with Crippen molar-refractivity contribution in [1.82, 2.24) is 10.2 Å². The van der Waals surface area contributed by atoms with Gasteiger partial charge in [-0.25, -0.2) is 0 Å². The first kappa shape index (κ1) is 17.4. The van der Waals surface area contributed by atoms with Crippen molar-refractivity contribution in [1.29, 1.82) is 0 Å². The molecule has 108 valence electrons. The molecule has 4 nitrogen and oxygen atoms in total. The molecule has 18 heavy (non-hydrogen) atoms. The molecule has 0 fully saturated rings. The van der Waals surface area contributed by atoms with Gasteiger partial charge < -0.3 is 15.0 Å². The number of carbonyl (C=O) groups is 1. The van der Waals surface area contributed by atoms with Gasteiger partial charge in [0.2, 0.25) is 0 Å². The van der Waals surface area contributed by atoms with E-state index in [1.165, 1.54) is 7.11 Å². The average Bonchev–Trinajstić information content (AvgIpc) is 2.32. The van der Waals surface area contributed by atoms with Crippen molar-refractivity contribution in [2.24, 2.45) is 0 Å². The van der Waals surface area contributed by atoms with Gasteiger partial charge in [0.1, 0.15) is 6.04 Å². The third kappa shape index (κ3) is 5.83. The number of ether oxygens (including phenoxy) is 1. The highest BCUT2D eigenvalue weighted by Crippen LogP contribution is 2.16. The van der Waals surface area contributed by atoms with E-state index in [0.29, 0.717) is 0 Å². The van der Waals surface area contributed by atoms with Gasteiger partial charge >= 0.3 is 5.97 Å². The predicted molar refractivity (Wildman–Crippen MR) is 75.7 cm³/mol. The van der Waals surface area contributed by atoms with Crippen molar-refractivity contribution in [3.8, 4) is 0 Å². The van der Waals surface area contributed by atoms with Crippen LogP contribution in [0.1, 0.15) is 47.5 Å². The highest BCUT2D eigenvalue weighted by atomic mass is 16.5. The van der Waals surface area contributed by atoms with Gasteiger partial charge in [-0.05, 0) is 33.7 Å². The number of methoxy groups -OCH3 is 1. The third-order valence-electron chi connectivity index (χ3n) is 3.67. The summed E-state index contributed by atoms with van der Waals surface area (Å²) in [6.45, 7) is 11.6. The van der Waals surface area contributed by atoms with Gasteiger partial charge in [-0.15, -0.1) is 0 Å². The van der Waals surface area contributed by atoms with Crippen LogP contribution in [-0.2, 0) is 9.53 Å². The van der Waals surface area contributed by atoms with Crippen LogP contribution in [0.25, 0.3) is 0 Å². The summed E-state index contributed by atoms with van der Waals surface area (Å²) in [5.41, 5.74) is 0.165. The smallest absolute Gasteiger partial charge is 0.322 e. The number of hydrogen-bond donors (Lipinski definition) is 1. The van der Waals surface area contributed by atoms with E-state index in [1.54, 1.807) is 0 Å². The highest BCUT2D eigenvalue weighted by Gasteiger charge is 2.24. The second-order valence-electron chi connectivity index (χ2n) is 5.77. The Morgan fingerprint density at radius 2 is 1.94 bits per heavy atom. The molecule has 0 aliphatic heterocycles. The third-order valence-corrected chi connectivity index (χ3v) is 3.67. The van der Waals surface area contributed by atoms with Crippen molar-refractivity contribution >= 4 is 5.97 Å². The zero-order chi connectivity index (χ0) is 14.3. The number of nitrogens with one attached hydrogen (secondary N) is 1. The SMILES string of the molecule is CCC(C)(C)N(C)CCC(NC(C)C)C(=O)OC. The van der Waals surface area contributed by atoms with Crippen LogP contribution in [-0.4, -0.2) is 49.2 Å². The summed E-state index contributed by atoms with van der Waals surface area (Å²) in [6.07, 6.45) is 1.86. The number of esters is 1. The van der Waals surface area contributed by atoms with E-state index in [0.717, 1.165) is 19.4 Å². The predicted octanol–water partition coefficient (Wildman–Crippen LogP) is 2.04. The molecular formula is C14H30N2O2. The van der Waals surface area contributed by atoms with Crippen LogP contribution in [0.3, 0.4) is 0 Å². The molecule has 0 amide bonds. The van der Waals surface area contributed by atoms with Crippen molar-refractivity contribution in [3.05, 3.63) is 0 Å². The summed E-state index contributed by atoms with van der Waals surface area (Å²) >= 11 is 0.